The molecule has 4 unspecified atom stereocenters. The van der Waals surface area contributed by atoms with Gasteiger partial charge in [-0.25, -0.2) is 4.57 Å². The van der Waals surface area contributed by atoms with Gasteiger partial charge in [-0.15, -0.1) is 0 Å². The van der Waals surface area contributed by atoms with Gasteiger partial charge >= 0.3 is 7.82 Å². The Labute approximate surface area is 276 Å². The number of phosphoric ester groups is 1. The van der Waals surface area contributed by atoms with Crippen LogP contribution < -0.4 is 11.1 Å². The molecule has 0 radical (unpaired) electrons. The number of aliphatic hydroxyl groups excluding tert-OH is 2. The van der Waals surface area contributed by atoms with Gasteiger partial charge in [0, 0.05) is 6.54 Å². The van der Waals surface area contributed by atoms with Gasteiger partial charge in [0.15, 0.2) is 0 Å². The molecule has 0 fully saturated rings. The second kappa shape index (κ2) is 32.0. The number of hydrogen-bond acceptors (Lipinski definition) is 7. The smallest absolute Gasteiger partial charge is 0.393 e. The minimum Gasteiger partial charge on any atom is -0.393 e. The minimum atomic E-state index is -4.36. The van der Waals surface area contributed by atoms with Crippen molar-refractivity contribution in [2.75, 3.05) is 19.8 Å². The highest BCUT2D eigenvalue weighted by molar-refractivity contribution is 7.47. The predicted molar refractivity (Wildman–Crippen MR) is 186 cm³/mol. The van der Waals surface area contributed by atoms with Gasteiger partial charge in [0.05, 0.1) is 37.9 Å². The predicted octanol–water partition coefficient (Wildman–Crippen LogP) is 8.47. The van der Waals surface area contributed by atoms with E-state index in [0.29, 0.717) is 12.8 Å². The largest absolute Gasteiger partial charge is 0.472 e. The molecule has 0 spiro atoms. The van der Waals surface area contributed by atoms with E-state index in [1.54, 1.807) is 0 Å². The van der Waals surface area contributed by atoms with E-state index >= 15 is 0 Å². The third kappa shape index (κ3) is 30.5. The molecule has 0 aliphatic rings. The Morgan fingerprint density at radius 3 is 1.49 bits per heavy atom. The van der Waals surface area contributed by atoms with Crippen LogP contribution in [0.3, 0.4) is 0 Å². The molecule has 1 amide bonds. The van der Waals surface area contributed by atoms with Crippen molar-refractivity contribution in [3.8, 4) is 0 Å². The fraction of sp³-hybridized carbons (Fsp3) is 0.971. The number of aliphatic hydroxyl groups is 2. The fourth-order valence-electron chi connectivity index (χ4n) is 5.65. The molecule has 6 N–H and O–H groups in total. The van der Waals surface area contributed by atoms with E-state index in [4.69, 9.17) is 14.8 Å². The number of hydrogen-bond donors (Lipinski definition) is 5. The molecule has 0 aliphatic carbocycles. The summed E-state index contributed by atoms with van der Waals surface area (Å²) in [5.41, 5.74) is 5.34. The van der Waals surface area contributed by atoms with Gasteiger partial charge in [0.25, 0.3) is 0 Å². The van der Waals surface area contributed by atoms with E-state index in [2.05, 4.69) is 19.2 Å². The molecule has 0 saturated carbocycles. The van der Waals surface area contributed by atoms with Crippen LogP contribution in [-0.4, -0.2) is 59.0 Å². The van der Waals surface area contributed by atoms with Crippen LogP contribution in [-0.2, 0) is 18.4 Å². The number of amides is 1. The topological polar surface area (TPSA) is 151 Å². The fourth-order valence-corrected chi connectivity index (χ4v) is 6.41. The second-order valence-electron chi connectivity index (χ2n) is 13.0. The average molecular weight is 665 g/mol. The van der Waals surface area contributed by atoms with Gasteiger partial charge in [-0.1, -0.05) is 162 Å². The van der Waals surface area contributed by atoms with Crippen molar-refractivity contribution in [3.63, 3.8) is 0 Å². The zero-order valence-corrected chi connectivity index (χ0v) is 30.1. The molecule has 0 aromatic rings. The van der Waals surface area contributed by atoms with Crippen molar-refractivity contribution in [2.45, 2.75) is 199 Å². The maximum absolute atomic E-state index is 12.7. The number of phosphoric acid groups is 1. The molecule has 9 nitrogen and oxygen atoms in total. The number of carbonyl (C=O) groups excluding carboxylic acids is 1. The van der Waals surface area contributed by atoms with Crippen LogP contribution in [0.1, 0.15) is 181 Å². The highest BCUT2D eigenvalue weighted by Gasteiger charge is 2.28. The number of rotatable bonds is 35. The van der Waals surface area contributed by atoms with E-state index in [1.807, 2.05) is 0 Å². The first-order valence-corrected chi connectivity index (χ1v) is 20.2. The van der Waals surface area contributed by atoms with E-state index < -0.39 is 32.0 Å². The molecule has 0 rings (SSSR count). The standard InChI is InChI=1S/C35H73N2O7P/c1-3-5-7-9-11-13-15-16-17-19-21-23-25-27-34(39)33(31-44-45(41,42)43-29-28-36)37-35(40)30-32(38)26-24-22-20-18-14-12-10-8-6-4-2/h32-34,38-39H,3-31,36H2,1-2H3,(H,37,40)(H,41,42). The number of nitrogens with two attached hydrogens (primary N) is 1. The van der Waals surface area contributed by atoms with Crippen LogP contribution in [0.25, 0.3) is 0 Å². The van der Waals surface area contributed by atoms with Crippen LogP contribution in [0.15, 0.2) is 0 Å². The van der Waals surface area contributed by atoms with Crippen LogP contribution in [0.2, 0.25) is 0 Å². The van der Waals surface area contributed by atoms with Gasteiger partial charge < -0.3 is 26.2 Å². The summed E-state index contributed by atoms with van der Waals surface area (Å²) in [7, 11) is -4.36. The lowest BCUT2D eigenvalue weighted by Crippen LogP contribution is -2.47. The van der Waals surface area contributed by atoms with Crippen molar-refractivity contribution in [1.29, 1.82) is 0 Å². The lowest BCUT2D eigenvalue weighted by atomic mass is 10.0. The van der Waals surface area contributed by atoms with E-state index in [-0.39, 0.29) is 26.2 Å². The van der Waals surface area contributed by atoms with Crippen LogP contribution >= 0.6 is 7.82 Å². The molecule has 10 heteroatoms. The Balaban J connectivity index is 4.38. The molecular weight excluding hydrogens is 591 g/mol. The molecule has 0 aromatic heterocycles. The molecule has 0 saturated heterocycles. The summed E-state index contributed by atoms with van der Waals surface area (Å²) in [6.45, 7) is 4.02. The summed E-state index contributed by atoms with van der Waals surface area (Å²) >= 11 is 0. The lowest BCUT2D eigenvalue weighted by Gasteiger charge is -2.25. The van der Waals surface area contributed by atoms with Gasteiger partial charge in [-0.2, -0.15) is 0 Å². The minimum absolute atomic E-state index is 0.0622. The van der Waals surface area contributed by atoms with Crippen LogP contribution in [0.4, 0.5) is 0 Å². The van der Waals surface area contributed by atoms with Crippen LogP contribution in [0.5, 0.6) is 0 Å². The van der Waals surface area contributed by atoms with Crippen molar-refractivity contribution in [2.24, 2.45) is 5.73 Å². The van der Waals surface area contributed by atoms with Crippen molar-refractivity contribution >= 4 is 13.7 Å². The SMILES string of the molecule is CCCCCCCCCCCCCCCC(O)C(COP(=O)(O)OCCN)NC(=O)CC(O)CCCCCCCCCCCC. The summed E-state index contributed by atoms with van der Waals surface area (Å²) < 4.78 is 22.0. The van der Waals surface area contributed by atoms with Crippen LogP contribution in [0, 0.1) is 0 Å². The number of nitrogens with one attached hydrogen (secondary N) is 1. The van der Waals surface area contributed by atoms with Gasteiger partial charge in [-0.05, 0) is 12.8 Å². The van der Waals surface area contributed by atoms with E-state index in [9.17, 15) is 24.5 Å². The molecule has 0 aliphatic heterocycles. The first-order valence-electron chi connectivity index (χ1n) is 18.7. The Morgan fingerprint density at radius 1 is 0.667 bits per heavy atom. The third-order valence-corrected chi connectivity index (χ3v) is 9.50. The second-order valence-corrected chi connectivity index (χ2v) is 14.4. The lowest BCUT2D eigenvalue weighted by molar-refractivity contribution is -0.125. The average Bonchev–Trinajstić information content (AvgIpc) is 3.01. The molecule has 270 valence electrons. The van der Waals surface area contributed by atoms with Gasteiger partial charge in [0.1, 0.15) is 0 Å². The zero-order valence-electron chi connectivity index (χ0n) is 29.2. The Kier molecular flexibility index (Phi) is 31.6. The Morgan fingerprint density at radius 2 is 1.07 bits per heavy atom. The molecule has 0 aromatic carbocycles. The Hall–Kier alpha value is -0.540. The van der Waals surface area contributed by atoms with E-state index in [0.717, 1.165) is 38.5 Å². The van der Waals surface area contributed by atoms with Gasteiger partial charge in [0.2, 0.25) is 5.91 Å². The Bertz CT molecular complexity index is 701. The molecule has 4 atom stereocenters. The van der Waals surface area contributed by atoms with Crippen molar-refractivity contribution < 1.29 is 33.5 Å². The first kappa shape index (κ1) is 44.5. The highest BCUT2D eigenvalue weighted by Crippen LogP contribution is 2.43. The first-order chi connectivity index (χ1) is 21.8. The highest BCUT2D eigenvalue weighted by atomic mass is 31.2. The number of unbranched alkanes of at least 4 members (excludes halogenated alkanes) is 21. The summed E-state index contributed by atoms with van der Waals surface area (Å²) in [4.78, 5) is 22.6. The van der Waals surface area contributed by atoms with Crippen molar-refractivity contribution in [3.05, 3.63) is 0 Å². The zero-order chi connectivity index (χ0) is 33.4. The van der Waals surface area contributed by atoms with Crippen molar-refractivity contribution in [1.82, 2.24) is 5.32 Å². The summed E-state index contributed by atoms with van der Waals surface area (Å²) in [5.74, 6) is -0.414. The van der Waals surface area contributed by atoms with Gasteiger partial charge in [-0.3, -0.25) is 13.8 Å². The maximum atomic E-state index is 12.7. The van der Waals surface area contributed by atoms with E-state index in [1.165, 1.54) is 109 Å². The molecule has 0 heterocycles. The molecular formula is C35H73N2O7P. The molecule has 0 bridgehead atoms. The third-order valence-electron chi connectivity index (χ3n) is 8.52. The monoisotopic (exact) mass is 665 g/mol. The number of carbonyl (C=O) groups is 1. The molecule has 45 heavy (non-hydrogen) atoms. The summed E-state index contributed by atoms with van der Waals surface area (Å²) in [6.07, 6.45) is 27.1. The summed E-state index contributed by atoms with van der Waals surface area (Å²) in [5, 5.41) is 24.0. The quantitative estimate of drug-likeness (QED) is 0.0334. The summed E-state index contributed by atoms with van der Waals surface area (Å²) in [6, 6.07) is -0.888. The normalized spacial score (nSPS) is 15.1. The maximum Gasteiger partial charge on any atom is 0.472 e.